The molecule has 124 valence electrons. The van der Waals surface area contributed by atoms with Gasteiger partial charge in [0.25, 0.3) is 0 Å². The molecular weight excluding hydrogens is 359 g/mol. The molecular formula is C16H11ClF3N3S. The molecule has 0 fully saturated rings. The summed E-state index contributed by atoms with van der Waals surface area (Å²) in [5.41, 5.74) is 0.886. The third-order valence-electron chi connectivity index (χ3n) is 3.20. The Morgan fingerprint density at radius 2 is 1.92 bits per heavy atom. The first kappa shape index (κ1) is 16.7. The largest absolute Gasteiger partial charge is 0.417 e. The first-order chi connectivity index (χ1) is 11.4. The highest BCUT2D eigenvalue weighted by molar-refractivity contribution is 7.14. The molecule has 0 aliphatic heterocycles. The number of nitrogens with one attached hydrogen (secondary N) is 1. The molecule has 0 spiro atoms. The second-order valence-corrected chi connectivity index (χ2v) is 6.19. The molecule has 2 aromatic heterocycles. The maximum absolute atomic E-state index is 12.6. The molecule has 0 radical (unpaired) electrons. The van der Waals surface area contributed by atoms with E-state index in [1.54, 1.807) is 5.38 Å². The van der Waals surface area contributed by atoms with Gasteiger partial charge in [-0.3, -0.25) is 4.98 Å². The maximum Gasteiger partial charge on any atom is 0.417 e. The molecule has 0 amide bonds. The monoisotopic (exact) mass is 369 g/mol. The number of anilines is 1. The van der Waals surface area contributed by atoms with Crippen LogP contribution in [0.15, 0.2) is 48.0 Å². The van der Waals surface area contributed by atoms with E-state index in [2.05, 4.69) is 15.3 Å². The van der Waals surface area contributed by atoms with Crippen LogP contribution in [0.2, 0.25) is 5.02 Å². The molecule has 24 heavy (non-hydrogen) atoms. The van der Waals surface area contributed by atoms with Gasteiger partial charge in [0.05, 0.1) is 10.6 Å². The minimum absolute atomic E-state index is 0.0789. The first-order valence-electron chi connectivity index (χ1n) is 6.90. The van der Waals surface area contributed by atoms with Gasteiger partial charge in [-0.15, -0.1) is 11.3 Å². The van der Waals surface area contributed by atoms with Crippen LogP contribution in [0.3, 0.4) is 0 Å². The predicted octanol–water partition coefficient (Wildman–Crippen LogP) is 5.49. The number of halogens is 4. The molecule has 3 rings (SSSR count). The second-order valence-electron chi connectivity index (χ2n) is 4.93. The molecule has 0 saturated carbocycles. The number of nitrogens with zero attached hydrogens (tertiary/aromatic N) is 2. The molecule has 1 N–H and O–H groups in total. The summed E-state index contributed by atoms with van der Waals surface area (Å²) in [6.45, 7) is 0.599. The Morgan fingerprint density at radius 1 is 1.17 bits per heavy atom. The third kappa shape index (κ3) is 3.85. The van der Waals surface area contributed by atoms with Crippen molar-refractivity contribution in [2.45, 2.75) is 12.7 Å². The number of aromatic nitrogens is 2. The summed E-state index contributed by atoms with van der Waals surface area (Å²) in [4.78, 5) is 8.14. The maximum atomic E-state index is 12.6. The number of benzene rings is 1. The summed E-state index contributed by atoms with van der Waals surface area (Å²) in [6.07, 6.45) is -3.71. The molecule has 3 aromatic rings. The summed E-state index contributed by atoms with van der Waals surface area (Å²) in [5.74, 6) is 0. The van der Waals surface area contributed by atoms with Crippen molar-refractivity contribution >= 4 is 28.1 Å². The molecule has 0 aliphatic rings. The standard InChI is InChI=1S/C16H11ClF3N3S/c17-12-6-11(16(18,19)20)8-21-14(12)13-9-24-15(23-13)22-7-10-4-2-1-3-5-10/h1-6,8-9H,7H2,(H,22,23). The lowest BCUT2D eigenvalue weighted by atomic mass is 10.2. The lowest BCUT2D eigenvalue weighted by Crippen LogP contribution is -2.05. The summed E-state index contributed by atoms with van der Waals surface area (Å²) >= 11 is 7.27. The Kier molecular flexibility index (Phi) is 4.73. The van der Waals surface area contributed by atoms with E-state index in [0.29, 0.717) is 17.4 Å². The summed E-state index contributed by atoms with van der Waals surface area (Å²) in [5, 5.41) is 5.43. The molecule has 1 aromatic carbocycles. The fourth-order valence-corrected chi connectivity index (χ4v) is 2.98. The van der Waals surface area contributed by atoms with Crippen molar-refractivity contribution < 1.29 is 13.2 Å². The van der Waals surface area contributed by atoms with Crippen molar-refractivity contribution in [1.29, 1.82) is 0 Å². The van der Waals surface area contributed by atoms with Crippen molar-refractivity contribution in [3.8, 4) is 11.4 Å². The smallest absolute Gasteiger partial charge is 0.357 e. The van der Waals surface area contributed by atoms with Gasteiger partial charge in [-0.1, -0.05) is 41.9 Å². The number of thiazole rings is 1. The van der Waals surface area contributed by atoms with E-state index < -0.39 is 11.7 Å². The Morgan fingerprint density at radius 3 is 2.58 bits per heavy atom. The van der Waals surface area contributed by atoms with Crippen LogP contribution in [0.5, 0.6) is 0 Å². The minimum atomic E-state index is -4.47. The Labute approximate surface area is 145 Å². The fraction of sp³-hybridized carbons (Fsp3) is 0.125. The van der Waals surface area contributed by atoms with Crippen LogP contribution in [0, 0.1) is 0 Å². The van der Waals surface area contributed by atoms with Crippen LogP contribution in [0.1, 0.15) is 11.1 Å². The highest BCUT2D eigenvalue weighted by Crippen LogP contribution is 2.34. The van der Waals surface area contributed by atoms with Crippen LogP contribution >= 0.6 is 22.9 Å². The van der Waals surface area contributed by atoms with E-state index in [4.69, 9.17) is 11.6 Å². The normalized spacial score (nSPS) is 11.5. The zero-order valence-electron chi connectivity index (χ0n) is 12.1. The van der Waals surface area contributed by atoms with Crippen LogP contribution in [-0.4, -0.2) is 9.97 Å². The van der Waals surface area contributed by atoms with Crippen LogP contribution in [0.4, 0.5) is 18.3 Å². The summed E-state index contributed by atoms with van der Waals surface area (Å²) in [7, 11) is 0. The van der Waals surface area contributed by atoms with Gasteiger partial charge < -0.3 is 5.32 Å². The van der Waals surface area contributed by atoms with Gasteiger partial charge in [-0.05, 0) is 11.6 Å². The topological polar surface area (TPSA) is 37.8 Å². The highest BCUT2D eigenvalue weighted by Gasteiger charge is 2.31. The lowest BCUT2D eigenvalue weighted by Gasteiger charge is -2.07. The van der Waals surface area contributed by atoms with E-state index in [9.17, 15) is 13.2 Å². The zero-order valence-corrected chi connectivity index (χ0v) is 13.7. The van der Waals surface area contributed by atoms with Crippen molar-refractivity contribution in [1.82, 2.24) is 9.97 Å². The van der Waals surface area contributed by atoms with Crippen molar-refractivity contribution in [2.24, 2.45) is 0 Å². The zero-order chi connectivity index (χ0) is 17.2. The van der Waals surface area contributed by atoms with E-state index in [1.807, 2.05) is 30.3 Å². The Bertz CT molecular complexity index is 834. The predicted molar refractivity (Wildman–Crippen MR) is 89.1 cm³/mol. The first-order valence-corrected chi connectivity index (χ1v) is 8.15. The highest BCUT2D eigenvalue weighted by atomic mass is 35.5. The molecule has 0 atom stereocenters. The molecule has 0 bridgehead atoms. The second kappa shape index (κ2) is 6.78. The van der Waals surface area contributed by atoms with Gasteiger partial charge >= 0.3 is 6.18 Å². The molecule has 0 saturated heterocycles. The van der Waals surface area contributed by atoms with Gasteiger partial charge in [-0.25, -0.2) is 4.98 Å². The van der Waals surface area contributed by atoms with Crippen LogP contribution in [-0.2, 0) is 12.7 Å². The number of rotatable bonds is 4. The van der Waals surface area contributed by atoms with Gasteiger partial charge in [0.15, 0.2) is 5.13 Å². The van der Waals surface area contributed by atoms with Crippen molar-refractivity contribution in [3.05, 3.63) is 64.1 Å². The number of hydrogen-bond donors (Lipinski definition) is 1. The SMILES string of the molecule is FC(F)(F)c1cnc(-c2csc(NCc3ccccc3)n2)c(Cl)c1. The number of pyridine rings is 1. The quantitative estimate of drug-likeness (QED) is 0.660. The summed E-state index contributed by atoms with van der Waals surface area (Å²) < 4.78 is 37.9. The van der Waals surface area contributed by atoms with Gasteiger partial charge in [-0.2, -0.15) is 13.2 Å². The van der Waals surface area contributed by atoms with Crippen LogP contribution < -0.4 is 5.32 Å². The van der Waals surface area contributed by atoms with E-state index in [-0.39, 0.29) is 10.7 Å². The minimum Gasteiger partial charge on any atom is -0.357 e. The third-order valence-corrected chi connectivity index (χ3v) is 4.29. The average Bonchev–Trinajstić information content (AvgIpc) is 3.01. The van der Waals surface area contributed by atoms with Gasteiger partial charge in [0.1, 0.15) is 11.4 Å². The molecule has 8 heteroatoms. The average molecular weight is 370 g/mol. The molecule has 0 unspecified atom stereocenters. The molecule has 0 aliphatic carbocycles. The number of alkyl halides is 3. The van der Waals surface area contributed by atoms with Gasteiger partial charge in [0.2, 0.25) is 0 Å². The Balaban J connectivity index is 1.76. The number of hydrogen-bond acceptors (Lipinski definition) is 4. The molecule has 3 nitrogen and oxygen atoms in total. The van der Waals surface area contributed by atoms with Crippen molar-refractivity contribution in [2.75, 3.05) is 5.32 Å². The summed E-state index contributed by atoms with van der Waals surface area (Å²) in [6, 6.07) is 10.6. The molecule has 2 heterocycles. The van der Waals surface area contributed by atoms with Gasteiger partial charge in [0, 0.05) is 18.1 Å². The van der Waals surface area contributed by atoms with E-state index in [0.717, 1.165) is 17.8 Å². The van der Waals surface area contributed by atoms with Crippen molar-refractivity contribution in [3.63, 3.8) is 0 Å². The Hall–Kier alpha value is -2.12. The fourth-order valence-electron chi connectivity index (χ4n) is 2.02. The van der Waals surface area contributed by atoms with Crippen LogP contribution in [0.25, 0.3) is 11.4 Å². The van der Waals surface area contributed by atoms with E-state index in [1.165, 1.54) is 11.3 Å². The van der Waals surface area contributed by atoms with E-state index >= 15 is 0 Å². The lowest BCUT2D eigenvalue weighted by molar-refractivity contribution is -0.137.